The molecule has 5 heteroatoms. The highest BCUT2D eigenvalue weighted by atomic mass is 16.5. The number of rotatable bonds is 3. The number of nitrogens with zero attached hydrogens (tertiary/aromatic N) is 2. The van der Waals surface area contributed by atoms with Crippen molar-refractivity contribution in [3.63, 3.8) is 0 Å². The second kappa shape index (κ2) is 7.99. The van der Waals surface area contributed by atoms with E-state index in [1.54, 1.807) is 18.2 Å². The molecular formula is C19H28N2O3. The topological polar surface area (TPSA) is 53.0 Å². The van der Waals surface area contributed by atoms with Crippen LogP contribution in [-0.2, 0) is 4.74 Å². The van der Waals surface area contributed by atoms with Crippen LogP contribution in [0.25, 0.3) is 0 Å². The van der Waals surface area contributed by atoms with Crippen LogP contribution in [0.5, 0.6) is 5.75 Å². The highest BCUT2D eigenvalue weighted by Crippen LogP contribution is 2.20. The van der Waals surface area contributed by atoms with Crippen LogP contribution in [-0.4, -0.2) is 66.2 Å². The number of amides is 1. The number of likely N-dealkylation sites (tertiary alicyclic amines) is 1. The fraction of sp³-hybridized carbons (Fsp3) is 0.632. The smallest absolute Gasteiger partial charge is 0.254 e. The predicted molar refractivity (Wildman–Crippen MR) is 93.4 cm³/mol. The first-order valence-corrected chi connectivity index (χ1v) is 9.06. The number of hydrogen-bond donors (Lipinski definition) is 1. The van der Waals surface area contributed by atoms with Gasteiger partial charge in [0, 0.05) is 31.8 Å². The SMILES string of the molecule is Cc1ccc(C(=O)N2CCCO[C@@H](CN3CCCCC3)C2)cc1O. The van der Waals surface area contributed by atoms with Gasteiger partial charge in [-0.3, -0.25) is 4.79 Å². The van der Waals surface area contributed by atoms with Gasteiger partial charge in [-0.25, -0.2) is 0 Å². The Bertz CT molecular complexity index is 570. The molecule has 0 saturated carbocycles. The van der Waals surface area contributed by atoms with E-state index in [0.29, 0.717) is 25.3 Å². The Morgan fingerprint density at radius 2 is 2.00 bits per heavy atom. The van der Waals surface area contributed by atoms with E-state index < -0.39 is 0 Å². The summed E-state index contributed by atoms with van der Waals surface area (Å²) in [6.45, 7) is 7.07. The van der Waals surface area contributed by atoms with Gasteiger partial charge >= 0.3 is 0 Å². The van der Waals surface area contributed by atoms with E-state index in [1.165, 1.54) is 19.3 Å². The lowest BCUT2D eigenvalue weighted by Crippen LogP contribution is -2.43. The van der Waals surface area contributed by atoms with Crippen LogP contribution in [0, 0.1) is 6.92 Å². The number of piperidine rings is 1. The molecule has 1 aromatic rings. The maximum Gasteiger partial charge on any atom is 0.254 e. The standard InChI is InChI=1S/C19H28N2O3/c1-15-6-7-16(12-18(15)22)19(23)21-10-5-11-24-17(14-21)13-20-8-3-2-4-9-20/h6-7,12,17,22H,2-5,8-11,13-14H2,1H3/t17-/m0/s1. The lowest BCUT2D eigenvalue weighted by molar-refractivity contribution is 0.0216. The largest absolute Gasteiger partial charge is 0.508 e. The van der Waals surface area contributed by atoms with E-state index in [1.807, 2.05) is 11.8 Å². The Kier molecular flexibility index (Phi) is 5.74. The summed E-state index contributed by atoms with van der Waals surface area (Å²) in [7, 11) is 0. The molecule has 1 atom stereocenters. The Hall–Kier alpha value is -1.59. The summed E-state index contributed by atoms with van der Waals surface area (Å²) in [4.78, 5) is 17.1. The summed E-state index contributed by atoms with van der Waals surface area (Å²) >= 11 is 0. The van der Waals surface area contributed by atoms with Gasteiger partial charge < -0.3 is 19.6 Å². The number of carbonyl (C=O) groups is 1. The van der Waals surface area contributed by atoms with Crippen LogP contribution in [0.2, 0.25) is 0 Å². The fourth-order valence-electron chi connectivity index (χ4n) is 3.55. The number of ether oxygens (including phenoxy) is 1. The first kappa shape index (κ1) is 17.2. The Balaban J connectivity index is 1.64. The first-order valence-electron chi connectivity index (χ1n) is 9.06. The molecule has 0 spiro atoms. The number of hydrogen-bond acceptors (Lipinski definition) is 4. The highest BCUT2D eigenvalue weighted by Gasteiger charge is 2.25. The number of phenols is 1. The van der Waals surface area contributed by atoms with Crippen LogP contribution in [0.4, 0.5) is 0 Å². The quantitative estimate of drug-likeness (QED) is 0.924. The van der Waals surface area contributed by atoms with E-state index in [-0.39, 0.29) is 17.8 Å². The van der Waals surface area contributed by atoms with Crippen molar-refractivity contribution >= 4 is 5.91 Å². The molecule has 1 aromatic carbocycles. The minimum Gasteiger partial charge on any atom is -0.508 e. The van der Waals surface area contributed by atoms with Crippen molar-refractivity contribution in [1.29, 1.82) is 0 Å². The number of phenolic OH excluding ortho intramolecular Hbond substituents is 1. The van der Waals surface area contributed by atoms with Gasteiger partial charge in [0.15, 0.2) is 0 Å². The van der Waals surface area contributed by atoms with Crippen molar-refractivity contribution in [2.75, 3.05) is 39.3 Å². The average Bonchev–Trinajstić information content (AvgIpc) is 2.83. The van der Waals surface area contributed by atoms with E-state index >= 15 is 0 Å². The summed E-state index contributed by atoms with van der Waals surface area (Å²) in [6.07, 6.45) is 4.79. The lowest BCUT2D eigenvalue weighted by atomic mass is 10.1. The molecule has 2 saturated heterocycles. The minimum absolute atomic E-state index is 0.0144. The molecule has 2 heterocycles. The van der Waals surface area contributed by atoms with Gasteiger partial charge in [-0.2, -0.15) is 0 Å². The van der Waals surface area contributed by atoms with Crippen LogP contribution in [0.1, 0.15) is 41.6 Å². The molecule has 2 aliphatic rings. The van der Waals surface area contributed by atoms with Crippen LogP contribution in [0.15, 0.2) is 18.2 Å². The van der Waals surface area contributed by atoms with Gasteiger partial charge in [-0.05, 0) is 57.0 Å². The molecule has 2 fully saturated rings. The lowest BCUT2D eigenvalue weighted by Gasteiger charge is -2.31. The van der Waals surface area contributed by atoms with E-state index in [0.717, 1.165) is 31.6 Å². The van der Waals surface area contributed by atoms with Gasteiger partial charge in [0.25, 0.3) is 5.91 Å². The van der Waals surface area contributed by atoms with E-state index in [9.17, 15) is 9.90 Å². The number of benzene rings is 1. The summed E-state index contributed by atoms with van der Waals surface area (Å²) in [5.41, 5.74) is 1.34. The summed E-state index contributed by atoms with van der Waals surface area (Å²) in [6, 6.07) is 5.16. The molecule has 3 rings (SSSR count). The molecule has 2 aliphatic heterocycles. The normalized spacial score (nSPS) is 23.0. The average molecular weight is 332 g/mol. The second-order valence-corrected chi connectivity index (χ2v) is 6.96. The van der Waals surface area contributed by atoms with Crippen molar-refractivity contribution in [3.8, 4) is 5.75 Å². The Morgan fingerprint density at radius 3 is 2.75 bits per heavy atom. The fourth-order valence-corrected chi connectivity index (χ4v) is 3.55. The minimum atomic E-state index is -0.0144. The molecule has 0 aromatic heterocycles. The van der Waals surface area contributed by atoms with Gasteiger partial charge in [-0.1, -0.05) is 12.5 Å². The van der Waals surface area contributed by atoms with Gasteiger partial charge in [0.05, 0.1) is 6.10 Å². The van der Waals surface area contributed by atoms with E-state index in [2.05, 4.69) is 4.90 Å². The van der Waals surface area contributed by atoms with Crippen molar-refractivity contribution in [2.45, 2.75) is 38.7 Å². The molecule has 132 valence electrons. The maximum absolute atomic E-state index is 12.8. The molecule has 0 radical (unpaired) electrons. The first-order chi connectivity index (χ1) is 11.6. The molecule has 24 heavy (non-hydrogen) atoms. The predicted octanol–water partition coefficient (Wildman–Crippen LogP) is 2.42. The van der Waals surface area contributed by atoms with Crippen LogP contribution < -0.4 is 0 Å². The molecular weight excluding hydrogens is 304 g/mol. The number of carbonyl (C=O) groups excluding carboxylic acids is 1. The summed E-state index contributed by atoms with van der Waals surface area (Å²) in [5.74, 6) is 0.163. The van der Waals surface area contributed by atoms with Crippen molar-refractivity contribution in [2.24, 2.45) is 0 Å². The molecule has 0 bridgehead atoms. The summed E-state index contributed by atoms with van der Waals surface area (Å²) in [5, 5.41) is 9.87. The van der Waals surface area contributed by atoms with Gasteiger partial charge in [-0.15, -0.1) is 0 Å². The third kappa shape index (κ3) is 4.28. The molecule has 1 N–H and O–H groups in total. The second-order valence-electron chi connectivity index (χ2n) is 6.96. The Labute approximate surface area is 144 Å². The molecule has 5 nitrogen and oxygen atoms in total. The Morgan fingerprint density at radius 1 is 1.21 bits per heavy atom. The number of aromatic hydroxyl groups is 1. The maximum atomic E-state index is 12.8. The number of aryl methyl sites for hydroxylation is 1. The zero-order valence-electron chi connectivity index (χ0n) is 14.5. The van der Waals surface area contributed by atoms with Crippen LogP contribution >= 0.6 is 0 Å². The van der Waals surface area contributed by atoms with Crippen LogP contribution in [0.3, 0.4) is 0 Å². The highest BCUT2D eigenvalue weighted by molar-refractivity contribution is 5.94. The van der Waals surface area contributed by atoms with Crippen molar-refractivity contribution < 1.29 is 14.6 Å². The van der Waals surface area contributed by atoms with Crippen molar-refractivity contribution in [3.05, 3.63) is 29.3 Å². The monoisotopic (exact) mass is 332 g/mol. The third-order valence-electron chi connectivity index (χ3n) is 5.00. The zero-order chi connectivity index (χ0) is 16.9. The molecule has 0 aliphatic carbocycles. The van der Waals surface area contributed by atoms with Gasteiger partial charge in [0.2, 0.25) is 0 Å². The third-order valence-corrected chi connectivity index (χ3v) is 5.00. The zero-order valence-corrected chi connectivity index (χ0v) is 14.5. The molecule has 1 amide bonds. The van der Waals surface area contributed by atoms with E-state index in [4.69, 9.17) is 4.74 Å². The summed E-state index contributed by atoms with van der Waals surface area (Å²) < 4.78 is 5.98. The van der Waals surface area contributed by atoms with Crippen molar-refractivity contribution in [1.82, 2.24) is 9.80 Å². The molecule has 0 unspecified atom stereocenters. The van der Waals surface area contributed by atoms with Gasteiger partial charge in [0.1, 0.15) is 5.75 Å².